The van der Waals surface area contributed by atoms with Crippen molar-refractivity contribution in [2.45, 2.75) is 206 Å². The highest BCUT2D eigenvalue weighted by Crippen LogP contribution is 2.19. The molecule has 0 saturated heterocycles. The largest absolute Gasteiger partial charge is 0.481 e. The fourth-order valence-electron chi connectivity index (χ4n) is 5.61. The molecule has 4 nitrogen and oxygen atoms in total. The second kappa shape index (κ2) is 35.6. The van der Waals surface area contributed by atoms with Gasteiger partial charge in [0, 0.05) is 12.8 Å². The number of hydrogen-bond donors (Lipinski definition) is 1. The van der Waals surface area contributed by atoms with E-state index in [1.807, 2.05) is 0 Å². The van der Waals surface area contributed by atoms with Gasteiger partial charge < -0.3 is 9.84 Å². The van der Waals surface area contributed by atoms with E-state index in [0.717, 1.165) is 77.0 Å². The SMILES string of the molecule is CC/C=C\C/C=C\C/C=C\CCCCCCCCCCCC(=O)OC(CCCCCCCCCC)CCCCCCC(=O)O. The van der Waals surface area contributed by atoms with Gasteiger partial charge in [0.25, 0.3) is 0 Å². The first kappa shape index (κ1) is 42.2. The Morgan fingerprint density at radius 3 is 1.48 bits per heavy atom. The average molecular weight is 617 g/mol. The highest BCUT2D eigenvalue weighted by Gasteiger charge is 2.14. The van der Waals surface area contributed by atoms with Gasteiger partial charge in [-0.05, 0) is 70.6 Å². The van der Waals surface area contributed by atoms with Gasteiger partial charge in [0.15, 0.2) is 0 Å². The van der Waals surface area contributed by atoms with E-state index in [2.05, 4.69) is 50.3 Å². The molecule has 0 rings (SSSR count). The molecule has 1 unspecified atom stereocenters. The average Bonchev–Trinajstić information content (AvgIpc) is 3.01. The minimum Gasteiger partial charge on any atom is -0.481 e. The van der Waals surface area contributed by atoms with Crippen LogP contribution in [0.25, 0.3) is 0 Å². The summed E-state index contributed by atoms with van der Waals surface area (Å²) in [4.78, 5) is 23.3. The molecule has 0 heterocycles. The smallest absolute Gasteiger partial charge is 0.306 e. The van der Waals surface area contributed by atoms with Crippen LogP contribution in [-0.4, -0.2) is 23.1 Å². The Hall–Kier alpha value is -1.84. The van der Waals surface area contributed by atoms with Crippen molar-refractivity contribution in [3.05, 3.63) is 36.5 Å². The number of unbranched alkanes of at least 4 members (excludes halogenated alkanes) is 19. The second-order valence-electron chi connectivity index (χ2n) is 12.7. The molecule has 0 aromatic heterocycles. The minimum absolute atomic E-state index is 0.0188. The molecule has 256 valence electrons. The van der Waals surface area contributed by atoms with Crippen molar-refractivity contribution in [1.29, 1.82) is 0 Å². The summed E-state index contributed by atoms with van der Waals surface area (Å²) >= 11 is 0. The lowest BCUT2D eigenvalue weighted by Crippen LogP contribution is -2.18. The van der Waals surface area contributed by atoms with E-state index in [4.69, 9.17) is 9.84 Å². The molecule has 0 aliphatic carbocycles. The number of esters is 1. The Labute approximate surface area is 273 Å². The van der Waals surface area contributed by atoms with E-state index in [1.54, 1.807) is 0 Å². The molecule has 0 spiro atoms. The quantitative estimate of drug-likeness (QED) is 0.0444. The monoisotopic (exact) mass is 617 g/mol. The molecule has 0 aliphatic rings. The Bertz CT molecular complexity index is 708. The third-order valence-corrected chi connectivity index (χ3v) is 8.38. The van der Waals surface area contributed by atoms with E-state index in [9.17, 15) is 9.59 Å². The number of carbonyl (C=O) groups is 2. The molecule has 0 bridgehead atoms. The van der Waals surface area contributed by atoms with Gasteiger partial charge in [-0.1, -0.05) is 153 Å². The summed E-state index contributed by atoms with van der Waals surface area (Å²) in [6.07, 6.45) is 45.9. The van der Waals surface area contributed by atoms with Gasteiger partial charge >= 0.3 is 11.9 Å². The molecule has 1 N–H and O–H groups in total. The maximum absolute atomic E-state index is 12.6. The Kier molecular flexibility index (Phi) is 34.1. The lowest BCUT2D eigenvalue weighted by atomic mass is 10.0. The lowest BCUT2D eigenvalue weighted by molar-refractivity contribution is -0.150. The molecular weight excluding hydrogens is 544 g/mol. The molecule has 0 aromatic carbocycles. The summed E-state index contributed by atoms with van der Waals surface area (Å²) in [5, 5.41) is 8.82. The van der Waals surface area contributed by atoms with Crippen molar-refractivity contribution in [3.8, 4) is 0 Å². The van der Waals surface area contributed by atoms with Gasteiger partial charge in [0.05, 0.1) is 0 Å². The topological polar surface area (TPSA) is 63.6 Å². The second-order valence-corrected chi connectivity index (χ2v) is 12.7. The van der Waals surface area contributed by atoms with Gasteiger partial charge in [0.1, 0.15) is 6.10 Å². The fourth-order valence-corrected chi connectivity index (χ4v) is 5.61. The molecule has 0 aromatic rings. The van der Waals surface area contributed by atoms with Gasteiger partial charge in [0.2, 0.25) is 0 Å². The van der Waals surface area contributed by atoms with Gasteiger partial charge in [-0.2, -0.15) is 0 Å². The van der Waals surface area contributed by atoms with Crippen LogP contribution in [0.2, 0.25) is 0 Å². The molecule has 0 fully saturated rings. The predicted molar refractivity (Wildman–Crippen MR) is 190 cm³/mol. The van der Waals surface area contributed by atoms with E-state index >= 15 is 0 Å². The Balaban J connectivity index is 3.88. The Morgan fingerprint density at radius 2 is 0.955 bits per heavy atom. The van der Waals surface area contributed by atoms with Crippen molar-refractivity contribution in [1.82, 2.24) is 0 Å². The summed E-state index contributed by atoms with van der Waals surface area (Å²) in [6.45, 7) is 4.42. The third kappa shape index (κ3) is 34.6. The molecule has 1 atom stereocenters. The van der Waals surface area contributed by atoms with Crippen LogP contribution in [0.1, 0.15) is 200 Å². The fraction of sp³-hybridized carbons (Fsp3) is 0.800. The third-order valence-electron chi connectivity index (χ3n) is 8.38. The first-order valence-corrected chi connectivity index (χ1v) is 19.0. The molecule has 0 amide bonds. The van der Waals surface area contributed by atoms with Crippen molar-refractivity contribution in [3.63, 3.8) is 0 Å². The summed E-state index contributed by atoms with van der Waals surface area (Å²) in [5.41, 5.74) is 0. The van der Waals surface area contributed by atoms with Crippen LogP contribution in [0.4, 0.5) is 0 Å². The van der Waals surface area contributed by atoms with Crippen LogP contribution in [0, 0.1) is 0 Å². The highest BCUT2D eigenvalue weighted by atomic mass is 16.5. The Morgan fingerprint density at radius 1 is 0.523 bits per heavy atom. The first-order chi connectivity index (χ1) is 21.6. The molecule has 0 aliphatic heterocycles. The van der Waals surface area contributed by atoms with Crippen LogP contribution in [0.5, 0.6) is 0 Å². The molecule has 4 heteroatoms. The molecular formula is C40H72O4. The minimum atomic E-state index is -0.712. The number of allylic oxidation sites excluding steroid dienone is 6. The zero-order chi connectivity index (χ0) is 32.2. The van der Waals surface area contributed by atoms with Crippen LogP contribution < -0.4 is 0 Å². The van der Waals surface area contributed by atoms with E-state index in [0.29, 0.717) is 6.42 Å². The van der Waals surface area contributed by atoms with Crippen LogP contribution in [-0.2, 0) is 14.3 Å². The van der Waals surface area contributed by atoms with Gasteiger partial charge in [-0.3, -0.25) is 9.59 Å². The number of ether oxygens (including phenoxy) is 1. The van der Waals surface area contributed by atoms with E-state index in [1.165, 1.54) is 96.3 Å². The zero-order valence-electron chi connectivity index (χ0n) is 29.2. The normalized spacial score (nSPS) is 12.6. The molecule has 0 saturated carbocycles. The zero-order valence-corrected chi connectivity index (χ0v) is 29.2. The molecule has 44 heavy (non-hydrogen) atoms. The van der Waals surface area contributed by atoms with Crippen molar-refractivity contribution >= 4 is 11.9 Å². The first-order valence-electron chi connectivity index (χ1n) is 19.0. The lowest BCUT2D eigenvalue weighted by Gasteiger charge is -2.18. The van der Waals surface area contributed by atoms with E-state index in [-0.39, 0.29) is 18.5 Å². The van der Waals surface area contributed by atoms with Gasteiger partial charge in [-0.25, -0.2) is 0 Å². The molecule has 0 radical (unpaired) electrons. The van der Waals surface area contributed by atoms with Crippen LogP contribution in [0.3, 0.4) is 0 Å². The summed E-state index contributed by atoms with van der Waals surface area (Å²) in [5.74, 6) is -0.731. The standard InChI is InChI=1S/C40H72O4/c1-3-5-7-9-11-13-14-15-16-17-18-19-20-21-22-23-25-27-33-37-40(43)44-38(35-31-28-29-32-36-39(41)42)34-30-26-24-12-10-8-6-4-2/h5,7,11,13,15-16,38H,3-4,6,8-10,12,14,17-37H2,1-2H3,(H,41,42)/b7-5-,13-11-,16-15-. The van der Waals surface area contributed by atoms with Crippen LogP contribution in [0.15, 0.2) is 36.5 Å². The summed E-state index contributed by atoms with van der Waals surface area (Å²) in [7, 11) is 0. The summed E-state index contributed by atoms with van der Waals surface area (Å²) in [6, 6.07) is 0. The summed E-state index contributed by atoms with van der Waals surface area (Å²) < 4.78 is 5.95. The number of rotatable bonds is 34. The van der Waals surface area contributed by atoms with E-state index < -0.39 is 5.97 Å². The maximum Gasteiger partial charge on any atom is 0.306 e. The van der Waals surface area contributed by atoms with Crippen molar-refractivity contribution in [2.24, 2.45) is 0 Å². The van der Waals surface area contributed by atoms with Gasteiger partial charge in [-0.15, -0.1) is 0 Å². The number of carboxylic acid groups (broad SMARTS) is 1. The number of aliphatic carboxylic acids is 1. The maximum atomic E-state index is 12.6. The van der Waals surface area contributed by atoms with Crippen LogP contribution >= 0.6 is 0 Å². The van der Waals surface area contributed by atoms with Crippen molar-refractivity contribution < 1.29 is 19.4 Å². The number of hydrogen-bond acceptors (Lipinski definition) is 3. The highest BCUT2D eigenvalue weighted by molar-refractivity contribution is 5.69. The number of carbonyl (C=O) groups excluding carboxylic acids is 1. The predicted octanol–water partition coefficient (Wildman–Crippen LogP) is 13.0. The van der Waals surface area contributed by atoms with Crippen molar-refractivity contribution in [2.75, 3.05) is 0 Å². The number of carboxylic acids is 1.